The molecule has 0 aromatic heterocycles. The highest BCUT2D eigenvalue weighted by Crippen LogP contribution is 2.31. The Hall–Kier alpha value is -2.16. The summed E-state index contributed by atoms with van der Waals surface area (Å²) in [5.74, 6) is -0.338. The summed E-state index contributed by atoms with van der Waals surface area (Å²) in [7, 11) is 0. The van der Waals surface area contributed by atoms with Gasteiger partial charge < -0.3 is 16.0 Å². The number of benzene rings is 1. The van der Waals surface area contributed by atoms with Crippen LogP contribution in [0.15, 0.2) is 18.2 Å². The molecule has 0 unspecified atom stereocenters. The Kier molecular flexibility index (Phi) is 9.70. The number of hydrogen-bond donors (Lipinski definition) is 3. The van der Waals surface area contributed by atoms with E-state index in [2.05, 4.69) is 16.0 Å². The maximum Gasteiger partial charge on any atom is 0.416 e. The molecule has 0 atom stereocenters. The quantitative estimate of drug-likeness (QED) is 0.363. The Morgan fingerprint density at radius 2 is 1.64 bits per heavy atom. The Morgan fingerprint density at radius 1 is 0.970 bits per heavy atom. The molecule has 1 aromatic carbocycles. The topological polar surface area (TPSA) is 70.2 Å². The van der Waals surface area contributed by atoms with Gasteiger partial charge in [0, 0.05) is 37.7 Å². The van der Waals surface area contributed by atoms with Gasteiger partial charge in [-0.2, -0.15) is 13.2 Å². The van der Waals surface area contributed by atoms with Crippen molar-refractivity contribution in [1.82, 2.24) is 16.0 Å². The third-order valence-electron chi connectivity index (χ3n) is 5.71. The third kappa shape index (κ3) is 9.70. The molecule has 0 aliphatic heterocycles. The van der Waals surface area contributed by atoms with E-state index in [1.165, 1.54) is 0 Å². The third-order valence-corrected chi connectivity index (χ3v) is 5.71. The zero-order valence-electron chi connectivity index (χ0n) is 19.6. The van der Waals surface area contributed by atoms with Gasteiger partial charge in [-0.25, -0.2) is 4.39 Å². The second-order valence-electron chi connectivity index (χ2n) is 10.0. The van der Waals surface area contributed by atoms with Gasteiger partial charge in [-0.05, 0) is 60.8 Å². The van der Waals surface area contributed by atoms with Crippen LogP contribution in [-0.4, -0.2) is 37.5 Å². The molecular formula is C24H35F4N3O2. The van der Waals surface area contributed by atoms with Crippen LogP contribution >= 0.6 is 0 Å². The van der Waals surface area contributed by atoms with E-state index in [0.29, 0.717) is 32.1 Å². The highest BCUT2D eigenvalue weighted by Gasteiger charge is 2.32. The predicted octanol–water partition coefficient (Wildman–Crippen LogP) is 4.61. The van der Waals surface area contributed by atoms with E-state index in [1.807, 2.05) is 20.8 Å². The van der Waals surface area contributed by atoms with Crippen molar-refractivity contribution in [1.29, 1.82) is 0 Å². The van der Waals surface area contributed by atoms with Gasteiger partial charge in [0.25, 0.3) is 5.91 Å². The summed E-state index contributed by atoms with van der Waals surface area (Å²) in [5.41, 5.74) is -1.41. The highest BCUT2D eigenvalue weighted by molar-refractivity contribution is 5.94. The van der Waals surface area contributed by atoms with Crippen LogP contribution in [0, 0.1) is 11.3 Å². The van der Waals surface area contributed by atoms with Crippen LogP contribution in [-0.2, 0) is 17.6 Å². The van der Waals surface area contributed by atoms with Gasteiger partial charge in [0.2, 0.25) is 5.91 Å². The van der Waals surface area contributed by atoms with Crippen molar-refractivity contribution in [2.45, 2.75) is 71.8 Å². The average Bonchev–Trinajstić information content (AvgIpc) is 2.73. The van der Waals surface area contributed by atoms with E-state index in [1.54, 1.807) is 0 Å². The smallest absolute Gasteiger partial charge is 0.355 e. The molecule has 0 radical (unpaired) electrons. The number of alkyl halides is 4. The SMILES string of the molecule is CC(C)(C)CC(=O)NCCNC1CCC(CNC(=O)c2cc(CF)cc(C(F)(F)F)c2)CC1. The lowest BCUT2D eigenvalue weighted by Gasteiger charge is -2.29. The first-order chi connectivity index (χ1) is 15.4. The van der Waals surface area contributed by atoms with Crippen LogP contribution < -0.4 is 16.0 Å². The van der Waals surface area contributed by atoms with Gasteiger partial charge in [0.05, 0.1) is 5.56 Å². The predicted molar refractivity (Wildman–Crippen MR) is 119 cm³/mol. The van der Waals surface area contributed by atoms with E-state index in [0.717, 1.165) is 43.9 Å². The standard InChI is InChI=1S/C24H35F4N3O2/c1-23(2,3)13-21(32)30-9-8-29-20-6-4-16(5-7-20)15-31-22(33)18-10-17(14-25)11-19(12-18)24(26,27)28/h10-12,16,20,29H,4-9,13-15H2,1-3H3,(H,30,32)(H,31,33). The monoisotopic (exact) mass is 473 g/mol. The summed E-state index contributed by atoms with van der Waals surface area (Å²) in [6, 6.07) is 2.98. The molecule has 0 spiro atoms. The zero-order chi connectivity index (χ0) is 24.6. The molecule has 0 heterocycles. The molecule has 0 bridgehead atoms. The molecule has 2 rings (SSSR count). The summed E-state index contributed by atoms with van der Waals surface area (Å²) in [5, 5.41) is 9.05. The lowest BCUT2D eigenvalue weighted by atomic mass is 9.86. The van der Waals surface area contributed by atoms with Crippen LogP contribution in [0.4, 0.5) is 17.6 Å². The van der Waals surface area contributed by atoms with Crippen molar-refractivity contribution in [3.63, 3.8) is 0 Å². The molecule has 1 saturated carbocycles. The van der Waals surface area contributed by atoms with E-state index in [9.17, 15) is 27.2 Å². The molecular weight excluding hydrogens is 438 g/mol. The molecule has 1 aliphatic rings. The van der Waals surface area contributed by atoms with Crippen molar-refractivity contribution in [2.24, 2.45) is 11.3 Å². The number of rotatable bonds is 9. The van der Waals surface area contributed by atoms with Gasteiger partial charge in [-0.15, -0.1) is 0 Å². The summed E-state index contributed by atoms with van der Waals surface area (Å²) in [6.07, 6.45) is -0.544. The molecule has 1 aromatic rings. The lowest BCUT2D eigenvalue weighted by molar-refractivity contribution is -0.137. The summed E-state index contributed by atoms with van der Waals surface area (Å²) in [4.78, 5) is 24.2. The normalized spacial score (nSPS) is 19.2. The molecule has 186 valence electrons. The van der Waals surface area contributed by atoms with Crippen molar-refractivity contribution in [3.8, 4) is 0 Å². The molecule has 9 heteroatoms. The second-order valence-corrected chi connectivity index (χ2v) is 10.0. The van der Waals surface area contributed by atoms with Crippen LogP contribution in [0.2, 0.25) is 0 Å². The molecule has 3 N–H and O–H groups in total. The van der Waals surface area contributed by atoms with Crippen LogP contribution in [0.3, 0.4) is 0 Å². The fraction of sp³-hybridized carbons (Fsp3) is 0.667. The minimum Gasteiger partial charge on any atom is -0.355 e. The second kappa shape index (κ2) is 11.8. The molecule has 1 fully saturated rings. The maximum atomic E-state index is 13.0. The molecule has 1 aliphatic carbocycles. The minimum absolute atomic E-state index is 0.0397. The minimum atomic E-state index is -4.64. The zero-order valence-corrected chi connectivity index (χ0v) is 19.6. The molecule has 33 heavy (non-hydrogen) atoms. The number of hydrogen-bond acceptors (Lipinski definition) is 3. The van der Waals surface area contributed by atoms with Crippen molar-refractivity contribution in [3.05, 3.63) is 34.9 Å². The van der Waals surface area contributed by atoms with E-state index in [4.69, 9.17) is 0 Å². The molecule has 5 nitrogen and oxygen atoms in total. The largest absolute Gasteiger partial charge is 0.416 e. The van der Waals surface area contributed by atoms with Crippen LogP contribution in [0.25, 0.3) is 0 Å². The van der Waals surface area contributed by atoms with Crippen molar-refractivity contribution >= 4 is 11.8 Å². The number of nitrogens with one attached hydrogen (secondary N) is 3. The Labute approximate surface area is 193 Å². The van der Waals surface area contributed by atoms with Gasteiger partial charge in [0.1, 0.15) is 6.67 Å². The van der Waals surface area contributed by atoms with Crippen LogP contribution in [0.1, 0.15) is 74.4 Å². The molecule has 2 amide bonds. The highest BCUT2D eigenvalue weighted by atomic mass is 19.4. The number of carbonyl (C=O) groups excluding carboxylic acids is 2. The Balaban J connectivity index is 1.71. The van der Waals surface area contributed by atoms with Gasteiger partial charge >= 0.3 is 6.18 Å². The van der Waals surface area contributed by atoms with E-state index >= 15 is 0 Å². The fourth-order valence-electron chi connectivity index (χ4n) is 4.00. The fourth-order valence-corrected chi connectivity index (χ4v) is 4.00. The first-order valence-corrected chi connectivity index (χ1v) is 11.4. The summed E-state index contributed by atoms with van der Waals surface area (Å²) >= 11 is 0. The van der Waals surface area contributed by atoms with Crippen LogP contribution in [0.5, 0.6) is 0 Å². The van der Waals surface area contributed by atoms with Gasteiger partial charge in [0.15, 0.2) is 0 Å². The average molecular weight is 474 g/mol. The van der Waals surface area contributed by atoms with E-state index < -0.39 is 24.3 Å². The number of amides is 2. The number of halogens is 4. The lowest BCUT2D eigenvalue weighted by Crippen LogP contribution is -2.40. The van der Waals surface area contributed by atoms with Gasteiger partial charge in [-0.3, -0.25) is 9.59 Å². The summed E-state index contributed by atoms with van der Waals surface area (Å²) < 4.78 is 51.9. The summed E-state index contributed by atoms with van der Waals surface area (Å²) in [6.45, 7) is 6.63. The number of carbonyl (C=O) groups is 2. The first-order valence-electron chi connectivity index (χ1n) is 11.4. The maximum absolute atomic E-state index is 13.0. The molecule has 0 saturated heterocycles. The first kappa shape index (κ1) is 27.1. The van der Waals surface area contributed by atoms with Crippen molar-refractivity contribution < 1.29 is 27.2 Å². The Bertz CT molecular complexity index is 798. The van der Waals surface area contributed by atoms with E-state index in [-0.39, 0.29) is 28.4 Å². The van der Waals surface area contributed by atoms with Crippen molar-refractivity contribution in [2.75, 3.05) is 19.6 Å². The van der Waals surface area contributed by atoms with Gasteiger partial charge in [-0.1, -0.05) is 20.8 Å². The Morgan fingerprint density at radius 3 is 2.21 bits per heavy atom.